The zero-order chi connectivity index (χ0) is 13.1. The van der Waals surface area contributed by atoms with Crippen LogP contribution in [0.15, 0.2) is 54.6 Å². The zero-order valence-corrected chi connectivity index (χ0v) is 11.0. The third kappa shape index (κ3) is 2.64. The molecule has 0 saturated carbocycles. The number of hydrogen-bond donors (Lipinski definition) is 1. The molecule has 0 radical (unpaired) electrons. The smallest absolute Gasteiger partial charge is 0.122 e. The number of benzene rings is 2. The minimum absolute atomic E-state index is 0.0948. The molecule has 2 heteroatoms. The van der Waals surface area contributed by atoms with E-state index in [1.165, 1.54) is 11.1 Å². The molecule has 0 aliphatic carbocycles. The summed E-state index contributed by atoms with van der Waals surface area (Å²) in [5, 5.41) is 0. The summed E-state index contributed by atoms with van der Waals surface area (Å²) >= 11 is 0. The normalized spacial score (nSPS) is 19.3. The van der Waals surface area contributed by atoms with Crippen LogP contribution in [0.4, 0.5) is 0 Å². The van der Waals surface area contributed by atoms with Gasteiger partial charge in [0.05, 0.1) is 6.61 Å². The Morgan fingerprint density at radius 3 is 2.63 bits per heavy atom. The first-order valence-corrected chi connectivity index (χ1v) is 6.87. The summed E-state index contributed by atoms with van der Waals surface area (Å²) in [6.45, 7) is 0.795. The largest absolute Gasteiger partial charge is 0.493 e. The monoisotopic (exact) mass is 253 g/mol. The molecule has 19 heavy (non-hydrogen) atoms. The second-order valence-electron chi connectivity index (χ2n) is 5.12. The lowest BCUT2D eigenvalue weighted by atomic mass is 9.86. The molecule has 2 aromatic carbocycles. The van der Waals surface area contributed by atoms with Gasteiger partial charge in [0.2, 0.25) is 0 Å². The van der Waals surface area contributed by atoms with E-state index in [1.807, 2.05) is 24.3 Å². The van der Waals surface area contributed by atoms with Crippen LogP contribution in [0, 0.1) is 0 Å². The number of hydrogen-bond acceptors (Lipinski definition) is 2. The van der Waals surface area contributed by atoms with Crippen molar-refractivity contribution >= 4 is 0 Å². The van der Waals surface area contributed by atoms with E-state index >= 15 is 0 Å². The highest BCUT2D eigenvalue weighted by molar-refractivity contribution is 5.38. The van der Waals surface area contributed by atoms with Gasteiger partial charge in [0, 0.05) is 6.04 Å². The Morgan fingerprint density at radius 2 is 1.79 bits per heavy atom. The summed E-state index contributed by atoms with van der Waals surface area (Å²) in [7, 11) is 0. The predicted molar refractivity (Wildman–Crippen MR) is 77.3 cm³/mol. The third-order valence-electron chi connectivity index (χ3n) is 3.85. The highest BCUT2D eigenvalue weighted by Gasteiger charge is 2.23. The van der Waals surface area contributed by atoms with Crippen molar-refractivity contribution in [2.75, 3.05) is 6.61 Å². The van der Waals surface area contributed by atoms with Crippen molar-refractivity contribution < 1.29 is 4.74 Å². The van der Waals surface area contributed by atoms with E-state index in [1.54, 1.807) is 0 Å². The number of ether oxygens (including phenoxy) is 1. The van der Waals surface area contributed by atoms with Crippen LogP contribution in [0.25, 0.3) is 0 Å². The third-order valence-corrected chi connectivity index (χ3v) is 3.85. The molecular weight excluding hydrogens is 234 g/mol. The molecule has 0 fully saturated rings. The molecule has 2 atom stereocenters. The SMILES string of the molecule is NC(CC1CCOc2ccccc21)c1ccccc1. The molecule has 2 unspecified atom stereocenters. The average Bonchev–Trinajstić information content (AvgIpc) is 2.48. The van der Waals surface area contributed by atoms with E-state index in [-0.39, 0.29) is 6.04 Å². The van der Waals surface area contributed by atoms with E-state index < -0.39 is 0 Å². The highest BCUT2D eigenvalue weighted by atomic mass is 16.5. The van der Waals surface area contributed by atoms with Crippen molar-refractivity contribution in [3.8, 4) is 5.75 Å². The van der Waals surface area contributed by atoms with E-state index in [0.29, 0.717) is 5.92 Å². The summed E-state index contributed by atoms with van der Waals surface area (Å²) in [5.41, 5.74) is 8.86. The van der Waals surface area contributed by atoms with Crippen molar-refractivity contribution in [3.05, 3.63) is 65.7 Å². The fourth-order valence-corrected chi connectivity index (χ4v) is 2.80. The van der Waals surface area contributed by atoms with Gasteiger partial charge in [-0.15, -0.1) is 0 Å². The van der Waals surface area contributed by atoms with Gasteiger partial charge in [-0.2, -0.15) is 0 Å². The van der Waals surface area contributed by atoms with E-state index in [4.69, 9.17) is 10.5 Å². The molecule has 3 rings (SSSR count). The lowest BCUT2D eigenvalue weighted by Crippen LogP contribution is -2.20. The predicted octanol–water partition coefficient (Wildman–Crippen LogP) is 3.64. The number of para-hydroxylation sites is 1. The van der Waals surface area contributed by atoms with Gasteiger partial charge in [-0.1, -0.05) is 48.5 Å². The first-order valence-electron chi connectivity index (χ1n) is 6.87. The first-order chi connectivity index (χ1) is 9.34. The molecule has 2 aromatic rings. The number of rotatable bonds is 3. The molecule has 0 bridgehead atoms. The number of fused-ring (bicyclic) bond motifs is 1. The van der Waals surface area contributed by atoms with E-state index in [0.717, 1.165) is 25.2 Å². The van der Waals surface area contributed by atoms with Crippen molar-refractivity contribution in [1.82, 2.24) is 0 Å². The molecule has 0 saturated heterocycles. The lowest BCUT2D eigenvalue weighted by molar-refractivity contribution is 0.259. The van der Waals surface area contributed by atoms with Crippen LogP contribution in [-0.4, -0.2) is 6.61 Å². The van der Waals surface area contributed by atoms with Crippen LogP contribution in [0.1, 0.15) is 35.9 Å². The maximum atomic E-state index is 6.34. The summed E-state index contributed by atoms with van der Waals surface area (Å²) in [4.78, 5) is 0. The molecule has 2 N–H and O–H groups in total. The van der Waals surface area contributed by atoms with Gasteiger partial charge in [-0.3, -0.25) is 0 Å². The quantitative estimate of drug-likeness (QED) is 0.906. The Labute approximate surface area is 114 Å². The molecule has 98 valence electrons. The van der Waals surface area contributed by atoms with Gasteiger partial charge >= 0.3 is 0 Å². The summed E-state index contributed by atoms with van der Waals surface area (Å²) in [6.07, 6.45) is 2.03. The summed E-state index contributed by atoms with van der Waals surface area (Å²) in [6, 6.07) is 18.8. The molecule has 0 aromatic heterocycles. The second kappa shape index (κ2) is 5.45. The topological polar surface area (TPSA) is 35.2 Å². The molecule has 1 aliphatic heterocycles. The molecule has 0 spiro atoms. The second-order valence-corrected chi connectivity index (χ2v) is 5.12. The summed E-state index contributed by atoms with van der Waals surface area (Å²) < 4.78 is 5.70. The standard InChI is InChI=1S/C17H19NO/c18-16(13-6-2-1-3-7-13)12-14-10-11-19-17-9-5-4-8-15(14)17/h1-9,14,16H,10-12,18H2. The van der Waals surface area contributed by atoms with E-state index in [9.17, 15) is 0 Å². The minimum atomic E-state index is 0.0948. The Kier molecular flexibility index (Phi) is 3.51. The van der Waals surface area contributed by atoms with Gasteiger partial charge < -0.3 is 10.5 Å². The van der Waals surface area contributed by atoms with Crippen LogP contribution in [-0.2, 0) is 0 Å². The van der Waals surface area contributed by atoms with Gasteiger partial charge in [0.1, 0.15) is 5.75 Å². The fourth-order valence-electron chi connectivity index (χ4n) is 2.80. The fraction of sp³-hybridized carbons (Fsp3) is 0.294. The van der Waals surface area contributed by atoms with Gasteiger partial charge in [-0.25, -0.2) is 0 Å². The number of nitrogens with two attached hydrogens (primary N) is 1. The summed E-state index contributed by atoms with van der Waals surface area (Å²) in [5.74, 6) is 1.53. The van der Waals surface area contributed by atoms with Gasteiger partial charge in [0.15, 0.2) is 0 Å². The van der Waals surface area contributed by atoms with Crippen LogP contribution in [0.5, 0.6) is 5.75 Å². The molecular formula is C17H19NO. The van der Waals surface area contributed by atoms with Crippen LogP contribution >= 0.6 is 0 Å². The van der Waals surface area contributed by atoms with Gasteiger partial charge in [0.25, 0.3) is 0 Å². The average molecular weight is 253 g/mol. The molecule has 0 amide bonds. The molecule has 1 heterocycles. The van der Waals surface area contributed by atoms with Crippen LogP contribution < -0.4 is 10.5 Å². The maximum absolute atomic E-state index is 6.34. The van der Waals surface area contributed by atoms with E-state index in [2.05, 4.69) is 30.3 Å². The van der Waals surface area contributed by atoms with Crippen LogP contribution in [0.3, 0.4) is 0 Å². The van der Waals surface area contributed by atoms with Crippen molar-refractivity contribution in [3.63, 3.8) is 0 Å². The van der Waals surface area contributed by atoms with Crippen molar-refractivity contribution in [1.29, 1.82) is 0 Å². The minimum Gasteiger partial charge on any atom is -0.493 e. The van der Waals surface area contributed by atoms with Crippen molar-refractivity contribution in [2.24, 2.45) is 5.73 Å². The Balaban J connectivity index is 1.78. The Hall–Kier alpha value is -1.80. The highest BCUT2D eigenvalue weighted by Crippen LogP contribution is 2.38. The Bertz CT molecular complexity index is 538. The van der Waals surface area contributed by atoms with Gasteiger partial charge in [-0.05, 0) is 36.0 Å². The lowest BCUT2D eigenvalue weighted by Gasteiger charge is -2.28. The molecule has 2 nitrogen and oxygen atoms in total. The zero-order valence-electron chi connectivity index (χ0n) is 11.0. The first kappa shape index (κ1) is 12.2. The Morgan fingerprint density at radius 1 is 1.05 bits per heavy atom. The van der Waals surface area contributed by atoms with Crippen LogP contribution in [0.2, 0.25) is 0 Å². The maximum Gasteiger partial charge on any atom is 0.122 e. The molecule has 1 aliphatic rings. The van der Waals surface area contributed by atoms with Crippen molar-refractivity contribution in [2.45, 2.75) is 24.8 Å².